The van der Waals surface area contributed by atoms with Crippen molar-refractivity contribution in [2.75, 3.05) is 6.54 Å². The molecule has 0 fully saturated rings. The Kier molecular flexibility index (Phi) is 8.05. The second-order valence-corrected chi connectivity index (χ2v) is 7.06. The van der Waals surface area contributed by atoms with Gasteiger partial charge in [0.2, 0.25) is 11.8 Å². The first-order chi connectivity index (χ1) is 13.0. The van der Waals surface area contributed by atoms with Crippen molar-refractivity contribution in [3.8, 4) is 0 Å². The van der Waals surface area contributed by atoms with E-state index in [0.29, 0.717) is 13.1 Å². The average molecular weight is 367 g/mol. The number of hydrogen-bond acceptors (Lipinski definition) is 2. The zero-order valence-electron chi connectivity index (χ0n) is 16.5. The van der Waals surface area contributed by atoms with E-state index in [9.17, 15) is 9.59 Å². The van der Waals surface area contributed by atoms with Crippen LogP contribution in [0.25, 0.3) is 0 Å². The molecule has 0 aliphatic rings. The molecule has 1 N–H and O–H groups in total. The van der Waals surface area contributed by atoms with E-state index in [0.717, 1.165) is 24.0 Å². The normalized spacial score (nSPS) is 11.9. The minimum atomic E-state index is -0.641. The first kappa shape index (κ1) is 20.7. The Bertz CT molecular complexity index is 714. The molecular weight excluding hydrogens is 336 g/mol. The Morgan fingerprint density at radius 3 is 2.11 bits per heavy atom. The van der Waals surface area contributed by atoms with Crippen molar-refractivity contribution in [2.24, 2.45) is 5.92 Å². The Morgan fingerprint density at radius 2 is 1.56 bits per heavy atom. The molecule has 0 aliphatic heterocycles. The van der Waals surface area contributed by atoms with Gasteiger partial charge in [0, 0.05) is 19.0 Å². The number of benzene rings is 2. The van der Waals surface area contributed by atoms with Gasteiger partial charge in [-0.25, -0.2) is 0 Å². The van der Waals surface area contributed by atoms with Gasteiger partial charge in [-0.05, 0) is 17.5 Å². The molecule has 4 nitrogen and oxygen atoms in total. The van der Waals surface area contributed by atoms with Crippen molar-refractivity contribution < 1.29 is 9.59 Å². The summed E-state index contributed by atoms with van der Waals surface area (Å²) in [6, 6.07) is 18.7. The zero-order valence-corrected chi connectivity index (χ0v) is 16.5. The lowest BCUT2D eigenvalue weighted by Gasteiger charge is -2.33. The SMILES string of the molecule is CCCCNC(=O)C(c1ccccc1)N(Cc1ccccc1)C(=O)C(C)C. The van der Waals surface area contributed by atoms with Crippen molar-refractivity contribution in [1.82, 2.24) is 10.2 Å². The number of nitrogens with zero attached hydrogens (tertiary/aromatic N) is 1. The lowest BCUT2D eigenvalue weighted by molar-refractivity contribution is -0.144. The Balaban J connectivity index is 2.38. The summed E-state index contributed by atoms with van der Waals surface area (Å²) in [5.41, 5.74) is 1.84. The van der Waals surface area contributed by atoms with Gasteiger partial charge in [-0.2, -0.15) is 0 Å². The summed E-state index contributed by atoms with van der Waals surface area (Å²) in [5, 5.41) is 3.01. The molecule has 1 atom stereocenters. The van der Waals surface area contributed by atoms with E-state index in [-0.39, 0.29) is 17.7 Å². The van der Waals surface area contributed by atoms with Gasteiger partial charge in [-0.1, -0.05) is 87.9 Å². The third kappa shape index (κ3) is 5.95. The van der Waals surface area contributed by atoms with Crippen molar-refractivity contribution in [1.29, 1.82) is 0 Å². The van der Waals surface area contributed by atoms with Crippen molar-refractivity contribution in [2.45, 2.75) is 46.2 Å². The Morgan fingerprint density at radius 1 is 0.963 bits per heavy atom. The molecule has 0 spiro atoms. The number of amides is 2. The van der Waals surface area contributed by atoms with E-state index in [2.05, 4.69) is 12.2 Å². The van der Waals surface area contributed by atoms with Gasteiger partial charge in [-0.15, -0.1) is 0 Å². The molecule has 27 heavy (non-hydrogen) atoms. The van der Waals surface area contributed by atoms with E-state index < -0.39 is 6.04 Å². The molecule has 0 heterocycles. The molecule has 0 aliphatic carbocycles. The number of carbonyl (C=O) groups excluding carboxylic acids is 2. The van der Waals surface area contributed by atoms with Crippen LogP contribution in [0.3, 0.4) is 0 Å². The second kappa shape index (κ2) is 10.5. The molecule has 0 bridgehead atoms. The minimum absolute atomic E-state index is 0.0293. The molecule has 2 aromatic rings. The Labute approximate surface area is 162 Å². The number of rotatable bonds is 9. The molecule has 0 radical (unpaired) electrons. The number of unbranched alkanes of at least 4 members (excludes halogenated alkanes) is 1. The van der Waals surface area contributed by atoms with Crippen molar-refractivity contribution in [3.05, 3.63) is 71.8 Å². The number of nitrogens with one attached hydrogen (secondary N) is 1. The molecule has 2 rings (SSSR count). The maximum atomic E-state index is 13.1. The van der Waals surface area contributed by atoms with Gasteiger partial charge in [0.05, 0.1) is 0 Å². The first-order valence-corrected chi connectivity index (χ1v) is 9.71. The van der Waals surface area contributed by atoms with E-state index in [1.54, 1.807) is 4.90 Å². The maximum Gasteiger partial charge on any atom is 0.247 e. The predicted molar refractivity (Wildman–Crippen MR) is 109 cm³/mol. The molecule has 0 saturated carbocycles. The number of carbonyl (C=O) groups is 2. The van der Waals surface area contributed by atoms with Gasteiger partial charge < -0.3 is 10.2 Å². The fourth-order valence-electron chi connectivity index (χ4n) is 3.00. The predicted octanol–water partition coefficient (Wildman–Crippen LogP) is 4.33. The highest BCUT2D eigenvalue weighted by Crippen LogP contribution is 2.25. The fraction of sp³-hybridized carbons (Fsp3) is 0.391. The highest BCUT2D eigenvalue weighted by atomic mass is 16.2. The monoisotopic (exact) mass is 366 g/mol. The minimum Gasteiger partial charge on any atom is -0.354 e. The Hall–Kier alpha value is -2.62. The fourth-order valence-corrected chi connectivity index (χ4v) is 3.00. The largest absolute Gasteiger partial charge is 0.354 e. The smallest absolute Gasteiger partial charge is 0.247 e. The van der Waals surface area contributed by atoms with Gasteiger partial charge in [-0.3, -0.25) is 9.59 Å². The molecule has 144 valence electrons. The van der Waals surface area contributed by atoms with Crippen LogP contribution in [0.4, 0.5) is 0 Å². The van der Waals surface area contributed by atoms with Crippen molar-refractivity contribution >= 4 is 11.8 Å². The highest BCUT2D eigenvalue weighted by Gasteiger charge is 2.32. The van der Waals surface area contributed by atoms with E-state index in [1.165, 1.54) is 0 Å². The maximum absolute atomic E-state index is 13.1. The van der Waals surface area contributed by atoms with Crippen molar-refractivity contribution in [3.63, 3.8) is 0 Å². The number of hydrogen-bond donors (Lipinski definition) is 1. The summed E-state index contributed by atoms with van der Waals surface area (Å²) >= 11 is 0. The molecule has 2 aromatic carbocycles. The third-order valence-electron chi connectivity index (χ3n) is 4.48. The van der Waals surface area contributed by atoms with E-state index in [4.69, 9.17) is 0 Å². The third-order valence-corrected chi connectivity index (χ3v) is 4.48. The van der Waals surface area contributed by atoms with Crippen LogP contribution in [0.15, 0.2) is 60.7 Å². The standard InChI is InChI=1S/C23H30N2O2/c1-4-5-16-24-22(26)21(20-14-10-7-11-15-20)25(23(27)18(2)3)17-19-12-8-6-9-13-19/h6-15,18,21H,4-5,16-17H2,1-3H3,(H,24,26). The topological polar surface area (TPSA) is 49.4 Å². The van der Waals surface area contributed by atoms with Crippen LogP contribution in [0.2, 0.25) is 0 Å². The molecule has 0 aromatic heterocycles. The lowest BCUT2D eigenvalue weighted by Crippen LogP contribution is -2.45. The summed E-state index contributed by atoms with van der Waals surface area (Å²) in [7, 11) is 0. The quantitative estimate of drug-likeness (QED) is 0.672. The molecule has 1 unspecified atom stereocenters. The summed E-state index contributed by atoms with van der Waals surface area (Å²) in [5.74, 6) is -0.346. The molecular formula is C23H30N2O2. The van der Waals surface area contributed by atoms with Gasteiger partial charge in [0.1, 0.15) is 6.04 Å². The van der Waals surface area contributed by atoms with Gasteiger partial charge in [0.25, 0.3) is 0 Å². The molecule has 2 amide bonds. The lowest BCUT2D eigenvalue weighted by atomic mass is 10.0. The van der Waals surface area contributed by atoms with Crippen LogP contribution in [-0.2, 0) is 16.1 Å². The van der Waals surface area contributed by atoms with Gasteiger partial charge in [0.15, 0.2) is 0 Å². The van der Waals surface area contributed by atoms with Crippen LogP contribution >= 0.6 is 0 Å². The highest BCUT2D eigenvalue weighted by molar-refractivity contribution is 5.89. The van der Waals surface area contributed by atoms with Crippen LogP contribution in [-0.4, -0.2) is 23.3 Å². The zero-order chi connectivity index (χ0) is 19.6. The van der Waals surface area contributed by atoms with Crippen LogP contribution in [0.5, 0.6) is 0 Å². The summed E-state index contributed by atoms with van der Waals surface area (Å²) < 4.78 is 0. The van der Waals surface area contributed by atoms with Crippen LogP contribution in [0.1, 0.15) is 50.8 Å². The van der Waals surface area contributed by atoms with Crippen LogP contribution in [0, 0.1) is 5.92 Å². The summed E-state index contributed by atoms with van der Waals surface area (Å²) in [4.78, 5) is 27.8. The molecule has 0 saturated heterocycles. The van der Waals surface area contributed by atoms with Gasteiger partial charge >= 0.3 is 0 Å². The van der Waals surface area contributed by atoms with E-state index >= 15 is 0 Å². The first-order valence-electron chi connectivity index (χ1n) is 9.71. The molecule has 4 heteroatoms. The summed E-state index contributed by atoms with van der Waals surface area (Å²) in [6.45, 7) is 6.85. The average Bonchev–Trinajstić information content (AvgIpc) is 2.68. The summed E-state index contributed by atoms with van der Waals surface area (Å²) in [6.07, 6.45) is 1.93. The van der Waals surface area contributed by atoms with E-state index in [1.807, 2.05) is 74.5 Å². The van der Waals surface area contributed by atoms with Crippen LogP contribution < -0.4 is 5.32 Å². The second-order valence-electron chi connectivity index (χ2n) is 7.06.